The minimum atomic E-state index is -0.405. The summed E-state index contributed by atoms with van der Waals surface area (Å²) in [6.45, 7) is 0.650. The van der Waals surface area contributed by atoms with Crippen molar-refractivity contribution in [3.8, 4) is 0 Å². The third-order valence-corrected chi connectivity index (χ3v) is 4.61. The van der Waals surface area contributed by atoms with Crippen molar-refractivity contribution >= 4 is 5.78 Å². The molecule has 1 aliphatic carbocycles. The molecule has 20 heavy (non-hydrogen) atoms. The van der Waals surface area contributed by atoms with Gasteiger partial charge in [-0.25, -0.2) is 4.39 Å². The average molecular weight is 277 g/mol. The van der Waals surface area contributed by atoms with E-state index >= 15 is 0 Å². The van der Waals surface area contributed by atoms with Crippen molar-refractivity contribution in [3.05, 3.63) is 29.8 Å². The molecule has 1 aromatic rings. The first-order valence-electron chi connectivity index (χ1n) is 7.48. The van der Waals surface area contributed by atoms with Crippen LogP contribution in [0.4, 0.5) is 4.39 Å². The Labute approximate surface area is 118 Å². The molecule has 3 rings (SSSR count). The molecule has 1 aromatic heterocycles. The molecular weight excluding hydrogens is 257 g/mol. The lowest BCUT2D eigenvalue weighted by Crippen LogP contribution is -2.43. The molecule has 2 fully saturated rings. The molecule has 0 amide bonds. The number of ether oxygens (including phenoxy) is 1. The summed E-state index contributed by atoms with van der Waals surface area (Å²) in [6.07, 6.45) is 8.43. The van der Waals surface area contributed by atoms with Crippen LogP contribution in [0, 0.1) is 11.7 Å². The van der Waals surface area contributed by atoms with Gasteiger partial charge in [0.1, 0.15) is 11.5 Å². The molecule has 1 saturated carbocycles. The van der Waals surface area contributed by atoms with Crippen molar-refractivity contribution in [2.75, 3.05) is 6.61 Å². The number of rotatable bonds is 2. The maximum Gasteiger partial charge on any atom is 0.184 e. The highest BCUT2D eigenvalue weighted by Crippen LogP contribution is 2.41. The van der Waals surface area contributed by atoms with Crippen LogP contribution in [0.25, 0.3) is 0 Å². The average Bonchev–Trinajstić information content (AvgIpc) is 2.48. The number of hydrogen-bond donors (Lipinski definition) is 0. The Hall–Kier alpha value is -1.29. The second-order valence-corrected chi connectivity index (χ2v) is 6.01. The van der Waals surface area contributed by atoms with E-state index in [1.54, 1.807) is 0 Å². The lowest BCUT2D eigenvalue weighted by atomic mass is 9.74. The number of carbonyl (C=O) groups excluding carboxylic acids is 1. The first kappa shape index (κ1) is 13.7. The van der Waals surface area contributed by atoms with Gasteiger partial charge in [-0.15, -0.1) is 0 Å². The van der Waals surface area contributed by atoms with Gasteiger partial charge < -0.3 is 4.74 Å². The fourth-order valence-corrected chi connectivity index (χ4v) is 3.53. The van der Waals surface area contributed by atoms with E-state index in [0.29, 0.717) is 12.3 Å². The Bertz CT molecular complexity index is 474. The molecular formula is C16H20FNO2. The number of aromatic nitrogens is 1. The van der Waals surface area contributed by atoms with Crippen LogP contribution in [0.2, 0.25) is 0 Å². The maximum atomic E-state index is 12.9. The zero-order valence-electron chi connectivity index (χ0n) is 11.6. The minimum absolute atomic E-state index is 0.0280. The van der Waals surface area contributed by atoms with Crippen LogP contribution in [0.1, 0.15) is 55.4 Å². The molecule has 2 aliphatic rings. The molecule has 1 saturated heterocycles. The quantitative estimate of drug-likeness (QED) is 0.776. The van der Waals surface area contributed by atoms with Crippen LogP contribution in [0.3, 0.4) is 0 Å². The molecule has 0 bridgehead atoms. The van der Waals surface area contributed by atoms with Crippen molar-refractivity contribution in [1.82, 2.24) is 4.98 Å². The predicted octanol–water partition coefficient (Wildman–Crippen LogP) is 3.53. The summed E-state index contributed by atoms with van der Waals surface area (Å²) in [4.78, 5) is 16.4. The lowest BCUT2D eigenvalue weighted by molar-refractivity contribution is -0.111. The monoisotopic (exact) mass is 277 g/mol. The molecule has 108 valence electrons. The van der Waals surface area contributed by atoms with Gasteiger partial charge in [-0.1, -0.05) is 19.3 Å². The van der Waals surface area contributed by atoms with Gasteiger partial charge in [0.15, 0.2) is 5.78 Å². The summed E-state index contributed by atoms with van der Waals surface area (Å²) in [5.41, 5.74) is 0.292. The Morgan fingerprint density at radius 2 is 2.10 bits per heavy atom. The summed E-state index contributed by atoms with van der Waals surface area (Å²) >= 11 is 0. The Balaban J connectivity index is 1.73. The summed E-state index contributed by atoms with van der Waals surface area (Å²) in [7, 11) is 0. The molecule has 0 aromatic carbocycles. The summed E-state index contributed by atoms with van der Waals surface area (Å²) in [6, 6.07) is 2.79. The second kappa shape index (κ2) is 5.60. The largest absolute Gasteiger partial charge is 0.375 e. The van der Waals surface area contributed by atoms with E-state index in [1.807, 2.05) is 0 Å². The number of nitrogens with zero attached hydrogens (tertiary/aromatic N) is 1. The Morgan fingerprint density at radius 3 is 2.80 bits per heavy atom. The first-order chi connectivity index (χ1) is 9.69. The van der Waals surface area contributed by atoms with Crippen LogP contribution in [-0.4, -0.2) is 23.0 Å². The van der Waals surface area contributed by atoms with E-state index in [1.165, 1.54) is 31.4 Å². The minimum Gasteiger partial charge on any atom is -0.375 e. The number of Topliss-reactive ketones (excluding diaryl/α,β-unsaturated/α-hetero) is 1. The highest BCUT2D eigenvalue weighted by Gasteiger charge is 2.40. The molecule has 1 unspecified atom stereocenters. The van der Waals surface area contributed by atoms with Crippen molar-refractivity contribution in [2.45, 2.75) is 50.5 Å². The van der Waals surface area contributed by atoms with Crippen LogP contribution >= 0.6 is 0 Å². The van der Waals surface area contributed by atoms with Crippen molar-refractivity contribution in [3.63, 3.8) is 0 Å². The number of halogens is 1. The second-order valence-electron chi connectivity index (χ2n) is 6.01. The number of carbonyl (C=O) groups is 1. The van der Waals surface area contributed by atoms with Gasteiger partial charge >= 0.3 is 0 Å². The third-order valence-electron chi connectivity index (χ3n) is 4.61. The van der Waals surface area contributed by atoms with Gasteiger partial charge in [-0.05, 0) is 37.8 Å². The third kappa shape index (κ3) is 2.75. The number of hydrogen-bond acceptors (Lipinski definition) is 3. The summed E-state index contributed by atoms with van der Waals surface area (Å²) in [5.74, 6) is -0.393. The molecule has 2 heterocycles. The molecule has 3 nitrogen and oxygen atoms in total. The molecule has 1 aliphatic heterocycles. The van der Waals surface area contributed by atoms with E-state index in [2.05, 4.69) is 4.98 Å². The fraction of sp³-hybridized carbons (Fsp3) is 0.625. The van der Waals surface area contributed by atoms with Crippen LogP contribution in [-0.2, 0) is 4.74 Å². The molecule has 1 atom stereocenters. The summed E-state index contributed by atoms with van der Waals surface area (Å²) in [5, 5.41) is 0. The first-order valence-corrected chi connectivity index (χ1v) is 7.48. The standard InChI is InChI=1S/C16H20FNO2/c17-13-4-5-14(18-11-13)15(19)12-6-9-20-16(10-12)7-2-1-3-8-16/h4-5,11-12H,1-3,6-10H2. The normalized spacial score (nSPS) is 25.6. The van der Waals surface area contributed by atoms with Crippen LogP contribution in [0.15, 0.2) is 18.3 Å². The predicted molar refractivity (Wildman–Crippen MR) is 73.0 cm³/mol. The van der Waals surface area contributed by atoms with Crippen molar-refractivity contribution in [2.24, 2.45) is 5.92 Å². The fourth-order valence-electron chi connectivity index (χ4n) is 3.53. The highest BCUT2D eigenvalue weighted by molar-refractivity contribution is 5.96. The van der Waals surface area contributed by atoms with E-state index in [9.17, 15) is 9.18 Å². The van der Waals surface area contributed by atoms with Crippen LogP contribution < -0.4 is 0 Å². The van der Waals surface area contributed by atoms with Crippen molar-refractivity contribution < 1.29 is 13.9 Å². The topological polar surface area (TPSA) is 39.2 Å². The van der Waals surface area contributed by atoms with Gasteiger partial charge in [0.25, 0.3) is 0 Å². The highest BCUT2D eigenvalue weighted by atomic mass is 19.1. The Kier molecular flexibility index (Phi) is 3.83. The number of ketones is 1. The van der Waals surface area contributed by atoms with Crippen LogP contribution in [0.5, 0.6) is 0 Å². The van der Waals surface area contributed by atoms with Gasteiger partial charge in [0.2, 0.25) is 0 Å². The zero-order chi connectivity index (χ0) is 14.0. The maximum absolute atomic E-state index is 12.9. The molecule has 1 spiro atoms. The van der Waals surface area contributed by atoms with E-state index in [4.69, 9.17) is 4.74 Å². The SMILES string of the molecule is O=C(c1ccc(F)cn1)C1CCOC2(CCCCC2)C1. The van der Waals surface area contributed by atoms with Gasteiger partial charge in [0.05, 0.1) is 11.8 Å². The van der Waals surface area contributed by atoms with Gasteiger partial charge in [-0.2, -0.15) is 0 Å². The van der Waals surface area contributed by atoms with Gasteiger partial charge in [0, 0.05) is 12.5 Å². The molecule has 0 N–H and O–H groups in total. The van der Waals surface area contributed by atoms with E-state index in [-0.39, 0.29) is 17.3 Å². The molecule has 0 radical (unpaired) electrons. The van der Waals surface area contributed by atoms with E-state index in [0.717, 1.165) is 31.9 Å². The van der Waals surface area contributed by atoms with Gasteiger partial charge in [-0.3, -0.25) is 9.78 Å². The zero-order valence-corrected chi connectivity index (χ0v) is 11.6. The smallest absolute Gasteiger partial charge is 0.184 e. The van der Waals surface area contributed by atoms with Crippen molar-refractivity contribution in [1.29, 1.82) is 0 Å². The van der Waals surface area contributed by atoms with E-state index < -0.39 is 5.82 Å². The summed E-state index contributed by atoms with van der Waals surface area (Å²) < 4.78 is 18.9. The Morgan fingerprint density at radius 1 is 1.30 bits per heavy atom. The number of pyridine rings is 1. The molecule has 4 heteroatoms. The lowest BCUT2D eigenvalue weighted by Gasteiger charge is -2.43.